The molecular formula is C11H18. The van der Waals surface area contributed by atoms with Crippen LogP contribution in [0.25, 0.3) is 0 Å². The molecule has 0 radical (unpaired) electrons. The van der Waals surface area contributed by atoms with Crippen molar-refractivity contribution in [3.63, 3.8) is 0 Å². The van der Waals surface area contributed by atoms with Gasteiger partial charge in [0.25, 0.3) is 0 Å². The van der Waals surface area contributed by atoms with Gasteiger partial charge in [0.1, 0.15) is 0 Å². The van der Waals surface area contributed by atoms with Crippen molar-refractivity contribution in [2.45, 2.75) is 34.1 Å². The maximum atomic E-state index is 2.21. The Hall–Kier alpha value is -0.780. The Kier molecular flexibility index (Phi) is 4.60. The Morgan fingerprint density at radius 2 is 1.09 bits per heavy atom. The molecule has 0 N–H and O–H groups in total. The highest BCUT2D eigenvalue weighted by Crippen LogP contribution is 2.04. The lowest BCUT2D eigenvalue weighted by molar-refractivity contribution is 1.10. The monoisotopic (exact) mass is 150 g/mol. The average molecular weight is 150 g/mol. The summed E-state index contributed by atoms with van der Waals surface area (Å²) in [7, 11) is 0. The normalized spacial score (nSPS) is 8.91. The van der Waals surface area contributed by atoms with E-state index in [1.165, 1.54) is 11.1 Å². The van der Waals surface area contributed by atoms with Gasteiger partial charge in [-0.25, -0.2) is 0 Å². The summed E-state index contributed by atoms with van der Waals surface area (Å²) in [5, 5.41) is 0. The topological polar surface area (TPSA) is 0 Å². The zero-order valence-corrected chi connectivity index (χ0v) is 6.72. The first-order valence-electron chi connectivity index (χ1n) is 3.94. The Labute approximate surface area is 70.3 Å². The van der Waals surface area contributed by atoms with E-state index in [0.717, 1.165) is 12.8 Å². The van der Waals surface area contributed by atoms with E-state index in [-0.39, 0.29) is 7.43 Å². The summed E-state index contributed by atoms with van der Waals surface area (Å²) in [6.45, 7) is 4.36. The van der Waals surface area contributed by atoms with Gasteiger partial charge in [0.2, 0.25) is 0 Å². The molecule has 0 nitrogen and oxygen atoms in total. The molecular weight excluding hydrogens is 132 g/mol. The van der Waals surface area contributed by atoms with Crippen LogP contribution in [0.15, 0.2) is 24.3 Å². The highest BCUT2D eigenvalue weighted by atomic mass is 13.9. The highest BCUT2D eigenvalue weighted by molar-refractivity contribution is 5.22. The van der Waals surface area contributed by atoms with E-state index in [9.17, 15) is 0 Å². The molecule has 0 atom stereocenters. The van der Waals surface area contributed by atoms with Crippen molar-refractivity contribution in [1.29, 1.82) is 0 Å². The minimum absolute atomic E-state index is 0. The third kappa shape index (κ3) is 2.75. The Bertz CT molecular complexity index is 161. The summed E-state index contributed by atoms with van der Waals surface area (Å²) in [5.41, 5.74) is 2.86. The third-order valence-corrected chi connectivity index (χ3v) is 1.84. The average Bonchev–Trinajstić information content (AvgIpc) is 2.05. The lowest BCUT2D eigenvalue weighted by Crippen LogP contribution is -1.81. The van der Waals surface area contributed by atoms with Crippen molar-refractivity contribution < 1.29 is 0 Å². The molecule has 0 heteroatoms. The molecule has 1 aromatic rings. The van der Waals surface area contributed by atoms with Gasteiger partial charge in [0, 0.05) is 0 Å². The van der Waals surface area contributed by atoms with Crippen LogP contribution in [-0.2, 0) is 12.8 Å². The maximum Gasteiger partial charge on any atom is -0.0307 e. The van der Waals surface area contributed by atoms with Gasteiger partial charge >= 0.3 is 0 Å². The van der Waals surface area contributed by atoms with Crippen LogP contribution in [0.4, 0.5) is 0 Å². The van der Waals surface area contributed by atoms with Crippen molar-refractivity contribution in [3.8, 4) is 0 Å². The molecule has 0 fully saturated rings. The van der Waals surface area contributed by atoms with E-state index >= 15 is 0 Å². The van der Waals surface area contributed by atoms with Crippen molar-refractivity contribution in [3.05, 3.63) is 35.4 Å². The van der Waals surface area contributed by atoms with Crippen LogP contribution < -0.4 is 0 Å². The van der Waals surface area contributed by atoms with Gasteiger partial charge in [-0.15, -0.1) is 0 Å². The van der Waals surface area contributed by atoms with Crippen LogP contribution in [-0.4, -0.2) is 0 Å². The molecule has 0 saturated carbocycles. The lowest BCUT2D eigenvalue weighted by atomic mass is 10.1. The van der Waals surface area contributed by atoms with E-state index in [1.807, 2.05) is 0 Å². The summed E-state index contributed by atoms with van der Waals surface area (Å²) in [5.74, 6) is 0. The molecule has 0 spiro atoms. The molecule has 0 aliphatic carbocycles. The fraction of sp³-hybridized carbons (Fsp3) is 0.455. The Balaban J connectivity index is 0.000001000. The van der Waals surface area contributed by atoms with E-state index in [2.05, 4.69) is 38.1 Å². The summed E-state index contributed by atoms with van der Waals surface area (Å²) in [6, 6.07) is 8.83. The van der Waals surface area contributed by atoms with E-state index in [0.29, 0.717) is 0 Å². The second-order valence-electron chi connectivity index (χ2n) is 2.52. The van der Waals surface area contributed by atoms with E-state index < -0.39 is 0 Å². The van der Waals surface area contributed by atoms with Crippen LogP contribution in [0.1, 0.15) is 32.4 Å². The fourth-order valence-electron chi connectivity index (χ4n) is 1.01. The van der Waals surface area contributed by atoms with Crippen LogP contribution in [0.5, 0.6) is 0 Å². The molecule has 0 amide bonds. The highest BCUT2D eigenvalue weighted by Gasteiger charge is 1.88. The molecule has 0 heterocycles. The first kappa shape index (κ1) is 10.2. The van der Waals surface area contributed by atoms with Crippen LogP contribution in [0, 0.1) is 0 Å². The fourth-order valence-corrected chi connectivity index (χ4v) is 1.01. The second-order valence-corrected chi connectivity index (χ2v) is 2.52. The summed E-state index contributed by atoms with van der Waals surface area (Å²) < 4.78 is 0. The lowest BCUT2D eigenvalue weighted by Gasteiger charge is -1.97. The van der Waals surface area contributed by atoms with Gasteiger partial charge in [0.05, 0.1) is 0 Å². The largest absolute Gasteiger partial charge is 0.0776 e. The molecule has 0 saturated heterocycles. The number of hydrogen-bond acceptors (Lipinski definition) is 0. The first-order valence-corrected chi connectivity index (χ1v) is 3.94. The standard InChI is InChI=1S/C10H14.CH4/c1-3-9-5-7-10(4-2)8-6-9;/h5-8H,3-4H2,1-2H3;1H4. The second kappa shape index (κ2) is 4.95. The molecule has 0 aliphatic rings. The quantitative estimate of drug-likeness (QED) is 0.605. The molecule has 0 unspecified atom stereocenters. The SMILES string of the molecule is C.CCc1ccc(CC)cc1. The number of aryl methyl sites for hydroxylation is 2. The Morgan fingerprint density at radius 1 is 0.818 bits per heavy atom. The zero-order chi connectivity index (χ0) is 7.40. The number of rotatable bonds is 2. The summed E-state index contributed by atoms with van der Waals surface area (Å²) in [4.78, 5) is 0. The van der Waals surface area contributed by atoms with Gasteiger partial charge in [0.15, 0.2) is 0 Å². The zero-order valence-electron chi connectivity index (χ0n) is 6.72. The number of benzene rings is 1. The minimum Gasteiger partial charge on any atom is -0.0776 e. The van der Waals surface area contributed by atoms with E-state index in [1.54, 1.807) is 0 Å². The van der Waals surface area contributed by atoms with Crippen molar-refractivity contribution >= 4 is 0 Å². The molecule has 1 rings (SSSR count). The molecule has 0 aliphatic heterocycles. The Morgan fingerprint density at radius 3 is 1.27 bits per heavy atom. The molecule has 62 valence electrons. The van der Waals surface area contributed by atoms with E-state index in [4.69, 9.17) is 0 Å². The first-order chi connectivity index (χ1) is 4.86. The van der Waals surface area contributed by atoms with Gasteiger partial charge in [-0.05, 0) is 24.0 Å². The summed E-state index contributed by atoms with van der Waals surface area (Å²) >= 11 is 0. The van der Waals surface area contributed by atoms with Gasteiger partial charge < -0.3 is 0 Å². The predicted octanol–water partition coefficient (Wildman–Crippen LogP) is 3.45. The van der Waals surface area contributed by atoms with Crippen LogP contribution >= 0.6 is 0 Å². The van der Waals surface area contributed by atoms with Crippen molar-refractivity contribution in [1.82, 2.24) is 0 Å². The van der Waals surface area contributed by atoms with Gasteiger partial charge in [-0.1, -0.05) is 45.5 Å². The predicted molar refractivity (Wildman–Crippen MR) is 51.9 cm³/mol. The smallest absolute Gasteiger partial charge is 0.0307 e. The van der Waals surface area contributed by atoms with Gasteiger partial charge in [-0.3, -0.25) is 0 Å². The molecule has 1 aromatic carbocycles. The molecule has 11 heavy (non-hydrogen) atoms. The van der Waals surface area contributed by atoms with Crippen molar-refractivity contribution in [2.75, 3.05) is 0 Å². The van der Waals surface area contributed by atoms with Gasteiger partial charge in [-0.2, -0.15) is 0 Å². The van der Waals surface area contributed by atoms with Crippen LogP contribution in [0.2, 0.25) is 0 Å². The van der Waals surface area contributed by atoms with Crippen molar-refractivity contribution in [2.24, 2.45) is 0 Å². The maximum absolute atomic E-state index is 2.21. The number of hydrogen-bond donors (Lipinski definition) is 0. The molecule has 0 aromatic heterocycles. The summed E-state index contributed by atoms with van der Waals surface area (Å²) in [6.07, 6.45) is 2.29. The molecule has 0 bridgehead atoms. The third-order valence-electron chi connectivity index (χ3n) is 1.84. The van der Waals surface area contributed by atoms with Crippen LogP contribution in [0.3, 0.4) is 0 Å². The minimum atomic E-state index is 0.